The SMILES string of the molecule is C=C1CNC(c2ccccc2)C(=O)N1. The van der Waals surface area contributed by atoms with E-state index < -0.39 is 0 Å². The summed E-state index contributed by atoms with van der Waals surface area (Å²) in [4.78, 5) is 11.6. The maximum absolute atomic E-state index is 11.6. The molecule has 0 bridgehead atoms. The van der Waals surface area contributed by atoms with Gasteiger partial charge in [0.05, 0.1) is 0 Å². The van der Waals surface area contributed by atoms with E-state index in [1.165, 1.54) is 0 Å². The van der Waals surface area contributed by atoms with Crippen LogP contribution in [0.3, 0.4) is 0 Å². The van der Waals surface area contributed by atoms with Crippen LogP contribution in [0.4, 0.5) is 0 Å². The third-order valence-electron chi connectivity index (χ3n) is 2.21. The quantitative estimate of drug-likeness (QED) is 0.689. The zero-order chi connectivity index (χ0) is 9.97. The molecule has 1 fully saturated rings. The molecule has 1 aliphatic heterocycles. The lowest BCUT2D eigenvalue weighted by Crippen LogP contribution is -2.45. The molecule has 2 rings (SSSR count). The van der Waals surface area contributed by atoms with Crippen molar-refractivity contribution >= 4 is 5.91 Å². The number of hydrogen-bond acceptors (Lipinski definition) is 2. The predicted molar refractivity (Wildman–Crippen MR) is 54.5 cm³/mol. The van der Waals surface area contributed by atoms with E-state index in [0.29, 0.717) is 6.54 Å². The monoisotopic (exact) mass is 188 g/mol. The van der Waals surface area contributed by atoms with Crippen LogP contribution in [-0.2, 0) is 4.79 Å². The van der Waals surface area contributed by atoms with E-state index in [-0.39, 0.29) is 11.9 Å². The van der Waals surface area contributed by atoms with Gasteiger partial charge < -0.3 is 5.32 Å². The van der Waals surface area contributed by atoms with Crippen LogP contribution in [0.2, 0.25) is 0 Å². The van der Waals surface area contributed by atoms with Crippen molar-refractivity contribution in [2.45, 2.75) is 6.04 Å². The Morgan fingerprint density at radius 2 is 2.00 bits per heavy atom. The first kappa shape index (κ1) is 8.97. The van der Waals surface area contributed by atoms with Crippen molar-refractivity contribution in [2.24, 2.45) is 0 Å². The van der Waals surface area contributed by atoms with Gasteiger partial charge in [0.25, 0.3) is 0 Å². The third-order valence-corrected chi connectivity index (χ3v) is 2.21. The number of hydrogen-bond donors (Lipinski definition) is 2. The molecule has 0 aromatic heterocycles. The highest BCUT2D eigenvalue weighted by molar-refractivity contribution is 5.85. The van der Waals surface area contributed by atoms with E-state index >= 15 is 0 Å². The molecule has 72 valence electrons. The van der Waals surface area contributed by atoms with Crippen LogP contribution in [0.5, 0.6) is 0 Å². The Kier molecular flexibility index (Phi) is 2.33. The molecule has 0 aliphatic carbocycles. The molecule has 0 radical (unpaired) electrons. The Morgan fingerprint density at radius 1 is 1.29 bits per heavy atom. The van der Waals surface area contributed by atoms with Gasteiger partial charge in [0.15, 0.2) is 0 Å². The highest BCUT2D eigenvalue weighted by atomic mass is 16.2. The van der Waals surface area contributed by atoms with Crippen molar-refractivity contribution < 1.29 is 4.79 Å². The summed E-state index contributed by atoms with van der Waals surface area (Å²) in [5.41, 5.74) is 1.71. The van der Waals surface area contributed by atoms with Gasteiger partial charge >= 0.3 is 0 Å². The van der Waals surface area contributed by atoms with Gasteiger partial charge in [-0.3, -0.25) is 10.1 Å². The summed E-state index contributed by atoms with van der Waals surface area (Å²) in [6, 6.07) is 9.41. The van der Waals surface area contributed by atoms with Gasteiger partial charge in [0.1, 0.15) is 6.04 Å². The van der Waals surface area contributed by atoms with E-state index in [9.17, 15) is 4.79 Å². The summed E-state index contributed by atoms with van der Waals surface area (Å²) >= 11 is 0. The molecule has 0 saturated carbocycles. The smallest absolute Gasteiger partial charge is 0.245 e. The number of amides is 1. The summed E-state index contributed by atoms with van der Waals surface area (Å²) in [7, 11) is 0. The molecule has 1 heterocycles. The minimum atomic E-state index is -0.248. The maximum atomic E-state index is 11.6. The zero-order valence-electron chi connectivity index (χ0n) is 7.79. The van der Waals surface area contributed by atoms with E-state index in [1.807, 2.05) is 30.3 Å². The first-order valence-corrected chi connectivity index (χ1v) is 4.54. The molecule has 14 heavy (non-hydrogen) atoms. The van der Waals surface area contributed by atoms with Crippen molar-refractivity contribution in [3.63, 3.8) is 0 Å². The Morgan fingerprint density at radius 3 is 2.64 bits per heavy atom. The van der Waals surface area contributed by atoms with Crippen LogP contribution >= 0.6 is 0 Å². The minimum absolute atomic E-state index is 0.0348. The summed E-state index contributed by atoms with van der Waals surface area (Å²) in [5, 5.41) is 5.86. The summed E-state index contributed by atoms with van der Waals surface area (Å²) < 4.78 is 0. The van der Waals surface area contributed by atoms with Crippen molar-refractivity contribution in [3.05, 3.63) is 48.2 Å². The Labute approximate surface area is 82.8 Å². The Bertz CT molecular complexity index is 359. The van der Waals surface area contributed by atoms with Gasteiger partial charge in [0.2, 0.25) is 5.91 Å². The number of carbonyl (C=O) groups is 1. The second-order valence-corrected chi connectivity index (χ2v) is 3.32. The highest BCUT2D eigenvalue weighted by Crippen LogP contribution is 2.15. The third kappa shape index (κ3) is 1.67. The van der Waals surface area contributed by atoms with Gasteiger partial charge in [-0.2, -0.15) is 0 Å². The molecular weight excluding hydrogens is 176 g/mol. The van der Waals surface area contributed by atoms with E-state index in [2.05, 4.69) is 17.2 Å². The molecule has 1 saturated heterocycles. The fourth-order valence-corrected chi connectivity index (χ4v) is 1.52. The van der Waals surface area contributed by atoms with E-state index in [0.717, 1.165) is 11.3 Å². The van der Waals surface area contributed by atoms with Crippen LogP contribution in [0.15, 0.2) is 42.6 Å². The second-order valence-electron chi connectivity index (χ2n) is 3.32. The fraction of sp³-hybridized carbons (Fsp3) is 0.182. The molecule has 0 spiro atoms. The van der Waals surface area contributed by atoms with Crippen LogP contribution < -0.4 is 10.6 Å². The molecule has 1 amide bonds. The first-order valence-electron chi connectivity index (χ1n) is 4.54. The minimum Gasteiger partial charge on any atom is -0.327 e. The number of benzene rings is 1. The lowest BCUT2D eigenvalue weighted by Gasteiger charge is -2.25. The molecule has 1 atom stereocenters. The van der Waals surface area contributed by atoms with Crippen LogP contribution in [0.1, 0.15) is 11.6 Å². The molecule has 1 unspecified atom stereocenters. The molecule has 1 aliphatic rings. The standard InChI is InChI=1S/C11H12N2O/c1-8-7-12-10(11(14)13-8)9-5-3-2-4-6-9/h2-6,10,12H,1,7H2,(H,13,14). The van der Waals surface area contributed by atoms with Gasteiger partial charge in [0, 0.05) is 12.2 Å². The van der Waals surface area contributed by atoms with Crippen molar-refractivity contribution in [1.82, 2.24) is 10.6 Å². The molecular formula is C11H12N2O. The molecule has 2 N–H and O–H groups in total. The van der Waals surface area contributed by atoms with Gasteiger partial charge in [-0.25, -0.2) is 0 Å². The second kappa shape index (κ2) is 3.64. The summed E-state index contributed by atoms with van der Waals surface area (Å²) in [6.07, 6.45) is 0. The average molecular weight is 188 g/mol. The maximum Gasteiger partial charge on any atom is 0.245 e. The van der Waals surface area contributed by atoms with Crippen LogP contribution in [0, 0.1) is 0 Å². The molecule has 1 aromatic carbocycles. The molecule has 3 nitrogen and oxygen atoms in total. The normalized spacial score (nSPS) is 21.9. The van der Waals surface area contributed by atoms with Gasteiger partial charge in [-0.05, 0) is 5.56 Å². The van der Waals surface area contributed by atoms with E-state index in [1.54, 1.807) is 0 Å². The number of piperazine rings is 1. The lowest BCUT2D eigenvalue weighted by atomic mass is 10.0. The number of rotatable bonds is 1. The summed E-state index contributed by atoms with van der Waals surface area (Å²) in [5.74, 6) is -0.0348. The van der Waals surface area contributed by atoms with Gasteiger partial charge in [-0.1, -0.05) is 36.9 Å². The largest absolute Gasteiger partial charge is 0.327 e. The number of nitrogens with one attached hydrogen (secondary N) is 2. The first-order chi connectivity index (χ1) is 6.77. The Hall–Kier alpha value is -1.61. The number of carbonyl (C=O) groups excluding carboxylic acids is 1. The topological polar surface area (TPSA) is 41.1 Å². The van der Waals surface area contributed by atoms with E-state index in [4.69, 9.17) is 0 Å². The van der Waals surface area contributed by atoms with Crippen LogP contribution in [0.25, 0.3) is 0 Å². The predicted octanol–water partition coefficient (Wildman–Crippen LogP) is 0.961. The average Bonchev–Trinajstić information content (AvgIpc) is 2.19. The molecule has 3 heteroatoms. The lowest BCUT2D eigenvalue weighted by molar-refractivity contribution is -0.123. The zero-order valence-corrected chi connectivity index (χ0v) is 7.79. The fourth-order valence-electron chi connectivity index (χ4n) is 1.52. The van der Waals surface area contributed by atoms with Gasteiger partial charge in [-0.15, -0.1) is 0 Å². The molecule has 1 aromatic rings. The summed E-state index contributed by atoms with van der Waals surface area (Å²) in [6.45, 7) is 4.33. The van der Waals surface area contributed by atoms with Crippen molar-refractivity contribution in [1.29, 1.82) is 0 Å². The van der Waals surface area contributed by atoms with Crippen LogP contribution in [-0.4, -0.2) is 12.5 Å². The van der Waals surface area contributed by atoms with Crippen molar-refractivity contribution in [2.75, 3.05) is 6.54 Å². The Balaban J connectivity index is 2.20. The highest BCUT2D eigenvalue weighted by Gasteiger charge is 2.24. The van der Waals surface area contributed by atoms with Crippen molar-refractivity contribution in [3.8, 4) is 0 Å².